The van der Waals surface area contributed by atoms with Gasteiger partial charge in [0.25, 0.3) is 0 Å². The maximum Gasteiger partial charge on any atom is 0.230 e. The molecule has 0 aliphatic carbocycles. The quantitative estimate of drug-likeness (QED) is 0.576. The summed E-state index contributed by atoms with van der Waals surface area (Å²) in [6.07, 6.45) is 3.37. The minimum atomic E-state index is -0.824. The molecule has 2 aromatic carbocycles. The average molecular weight is 454 g/mol. The molecule has 0 spiro atoms. The maximum atomic E-state index is 13.6. The van der Waals surface area contributed by atoms with Crippen molar-refractivity contribution in [1.29, 1.82) is 0 Å². The van der Waals surface area contributed by atoms with E-state index in [4.69, 9.17) is 4.99 Å². The summed E-state index contributed by atoms with van der Waals surface area (Å²) in [6.45, 7) is 6.66. The number of nitrogens with one attached hydrogen (secondary N) is 1. The number of rotatable bonds is 6. The van der Waals surface area contributed by atoms with Crippen LogP contribution in [-0.2, 0) is 23.3 Å². The van der Waals surface area contributed by atoms with E-state index < -0.39 is 5.41 Å². The second-order valence-corrected chi connectivity index (χ2v) is 8.97. The molecule has 3 heterocycles. The van der Waals surface area contributed by atoms with Crippen LogP contribution >= 0.6 is 0 Å². The predicted octanol–water partition coefficient (Wildman–Crippen LogP) is 3.78. The Kier molecular flexibility index (Phi) is 5.36. The molecule has 3 aromatic rings. The molecular weight excluding hydrogens is 426 g/mol. The summed E-state index contributed by atoms with van der Waals surface area (Å²) in [5.41, 5.74) is 5.22. The monoisotopic (exact) mass is 453 g/mol. The number of aromatic nitrogens is 2. The van der Waals surface area contributed by atoms with Crippen molar-refractivity contribution < 1.29 is 4.79 Å². The zero-order valence-corrected chi connectivity index (χ0v) is 19.6. The molecule has 8 heteroatoms. The molecule has 5 rings (SSSR count). The second kappa shape index (κ2) is 8.37. The fourth-order valence-electron chi connectivity index (χ4n) is 4.88. The molecule has 1 atom stereocenters. The first-order valence-corrected chi connectivity index (χ1v) is 11.2. The number of likely N-dealkylation sites (tertiary alicyclic amines) is 1. The van der Waals surface area contributed by atoms with Gasteiger partial charge in [0.1, 0.15) is 17.6 Å². The van der Waals surface area contributed by atoms with Crippen LogP contribution in [0.5, 0.6) is 0 Å². The number of fused-ring (bicyclic) bond motifs is 3. The summed E-state index contributed by atoms with van der Waals surface area (Å²) in [6, 6.07) is 14.5. The summed E-state index contributed by atoms with van der Waals surface area (Å²) < 4.78 is 0. The fourth-order valence-corrected chi connectivity index (χ4v) is 4.88. The van der Waals surface area contributed by atoms with Gasteiger partial charge in [-0.1, -0.05) is 42.0 Å². The van der Waals surface area contributed by atoms with Crippen molar-refractivity contribution in [3.8, 4) is 0 Å². The summed E-state index contributed by atoms with van der Waals surface area (Å²) in [5, 5.41) is 0. The van der Waals surface area contributed by atoms with Gasteiger partial charge in [0.2, 0.25) is 5.91 Å². The zero-order chi connectivity index (χ0) is 23.9. The predicted molar refractivity (Wildman–Crippen MR) is 135 cm³/mol. The van der Waals surface area contributed by atoms with Gasteiger partial charge in [-0.2, -0.15) is 0 Å². The zero-order valence-electron chi connectivity index (χ0n) is 19.6. The molecule has 1 saturated heterocycles. The van der Waals surface area contributed by atoms with Crippen LogP contribution in [0.2, 0.25) is 0 Å². The van der Waals surface area contributed by atoms with Crippen molar-refractivity contribution in [2.75, 3.05) is 19.0 Å². The SMILES string of the molecule is C=NCc1ccc(C23CC(=O)N(Cc4ccc(C)cc4)C2=NC=Nc2nc[nH]c23)cc1N(C)C. The molecule has 34 heavy (non-hydrogen) atoms. The normalized spacial score (nSPS) is 18.9. The van der Waals surface area contributed by atoms with Gasteiger partial charge in [-0.05, 0) is 36.4 Å². The Bertz CT molecular complexity index is 1320. The first kappa shape index (κ1) is 21.8. The van der Waals surface area contributed by atoms with Gasteiger partial charge in [-0.3, -0.25) is 14.7 Å². The highest BCUT2D eigenvalue weighted by atomic mass is 16.2. The van der Waals surface area contributed by atoms with E-state index >= 15 is 0 Å². The molecule has 2 aliphatic heterocycles. The molecule has 1 amide bonds. The van der Waals surface area contributed by atoms with E-state index in [2.05, 4.69) is 81.0 Å². The van der Waals surface area contributed by atoms with E-state index in [0.29, 0.717) is 24.7 Å². The van der Waals surface area contributed by atoms with Crippen molar-refractivity contribution >= 4 is 36.3 Å². The van der Waals surface area contributed by atoms with Gasteiger partial charge in [-0.15, -0.1) is 0 Å². The first-order chi connectivity index (χ1) is 16.4. The minimum absolute atomic E-state index is 0.0124. The summed E-state index contributed by atoms with van der Waals surface area (Å²) >= 11 is 0. The van der Waals surface area contributed by atoms with Crippen LogP contribution in [0, 0.1) is 6.92 Å². The molecule has 0 saturated carbocycles. The number of amides is 1. The number of imidazole rings is 1. The number of aliphatic imine (C=N–C) groups is 3. The molecule has 2 aliphatic rings. The van der Waals surface area contributed by atoms with Crippen LogP contribution in [0.25, 0.3) is 0 Å². The molecular formula is C26H27N7O. The van der Waals surface area contributed by atoms with Crippen LogP contribution in [-0.4, -0.2) is 53.8 Å². The number of aromatic amines is 1. The van der Waals surface area contributed by atoms with Crippen molar-refractivity contribution in [3.63, 3.8) is 0 Å². The number of carbonyl (C=O) groups is 1. The van der Waals surface area contributed by atoms with Crippen LogP contribution in [0.4, 0.5) is 11.5 Å². The number of carbonyl (C=O) groups excluding carboxylic acids is 1. The number of anilines is 1. The third-order valence-electron chi connectivity index (χ3n) is 6.56. The highest BCUT2D eigenvalue weighted by Gasteiger charge is 2.54. The summed E-state index contributed by atoms with van der Waals surface area (Å²) in [4.78, 5) is 38.3. The highest BCUT2D eigenvalue weighted by Crippen LogP contribution is 2.47. The first-order valence-electron chi connectivity index (χ1n) is 11.2. The molecule has 1 fully saturated rings. The topological polar surface area (TPSA) is 89.3 Å². The highest BCUT2D eigenvalue weighted by molar-refractivity contribution is 6.16. The van der Waals surface area contributed by atoms with Crippen molar-refractivity contribution in [1.82, 2.24) is 14.9 Å². The Morgan fingerprint density at radius 1 is 1.21 bits per heavy atom. The van der Waals surface area contributed by atoms with Gasteiger partial charge in [-0.25, -0.2) is 15.0 Å². The Hall–Kier alpha value is -4.07. The number of hydrogen-bond donors (Lipinski definition) is 1. The van der Waals surface area contributed by atoms with E-state index in [1.165, 1.54) is 11.9 Å². The lowest BCUT2D eigenvalue weighted by Gasteiger charge is -2.31. The number of H-pyrrole nitrogens is 1. The smallest absolute Gasteiger partial charge is 0.230 e. The van der Waals surface area contributed by atoms with Gasteiger partial charge in [0.15, 0.2) is 5.82 Å². The Labute approximate surface area is 198 Å². The van der Waals surface area contributed by atoms with Crippen molar-refractivity contribution in [3.05, 3.63) is 76.7 Å². The van der Waals surface area contributed by atoms with Gasteiger partial charge < -0.3 is 9.88 Å². The second-order valence-electron chi connectivity index (χ2n) is 8.97. The minimum Gasteiger partial charge on any atom is -0.377 e. The third kappa shape index (κ3) is 3.42. The lowest BCUT2D eigenvalue weighted by molar-refractivity contribution is -0.126. The van der Waals surface area contributed by atoms with Crippen molar-refractivity contribution in [2.45, 2.75) is 31.8 Å². The maximum absolute atomic E-state index is 13.6. The number of benzene rings is 2. The molecule has 1 N–H and O–H groups in total. The fraction of sp³-hybridized carbons (Fsp3) is 0.269. The van der Waals surface area contributed by atoms with Crippen LogP contribution in [0.1, 0.15) is 34.4 Å². The number of amidine groups is 1. The Morgan fingerprint density at radius 3 is 2.74 bits per heavy atom. The van der Waals surface area contributed by atoms with Gasteiger partial charge in [0, 0.05) is 26.2 Å². The molecule has 172 valence electrons. The van der Waals surface area contributed by atoms with E-state index in [9.17, 15) is 4.79 Å². The van der Waals surface area contributed by atoms with E-state index in [-0.39, 0.29) is 12.3 Å². The van der Waals surface area contributed by atoms with E-state index in [1.807, 2.05) is 14.1 Å². The lowest BCUT2D eigenvalue weighted by Crippen LogP contribution is -2.39. The molecule has 0 radical (unpaired) electrons. The van der Waals surface area contributed by atoms with E-state index in [1.54, 1.807) is 11.2 Å². The van der Waals surface area contributed by atoms with Gasteiger partial charge in [0.05, 0.1) is 25.1 Å². The van der Waals surface area contributed by atoms with Crippen LogP contribution < -0.4 is 4.90 Å². The van der Waals surface area contributed by atoms with Crippen LogP contribution in [0.15, 0.2) is 63.8 Å². The Balaban J connectivity index is 1.68. The van der Waals surface area contributed by atoms with Crippen LogP contribution in [0.3, 0.4) is 0 Å². The lowest BCUT2D eigenvalue weighted by atomic mass is 9.75. The number of hydrogen-bond acceptors (Lipinski definition) is 6. The number of nitrogens with zero attached hydrogens (tertiary/aromatic N) is 6. The largest absolute Gasteiger partial charge is 0.377 e. The summed E-state index contributed by atoms with van der Waals surface area (Å²) in [7, 11) is 4.00. The summed E-state index contributed by atoms with van der Waals surface area (Å²) in [5.74, 6) is 1.22. The molecule has 0 bridgehead atoms. The standard InChI is InChI=1S/C26H27N7O/c1-17-5-7-18(8-6-17)14-33-22(34)12-26(23-24(29-15-28-23)30-16-31-25(26)33)20-10-9-19(13-27-2)21(11-20)32(3)4/h5-11,15-16H,2,12-14H2,1,3-4H3,(H,28,29). The number of aryl methyl sites for hydroxylation is 1. The van der Waals surface area contributed by atoms with Crippen molar-refractivity contribution in [2.24, 2.45) is 15.0 Å². The molecule has 1 unspecified atom stereocenters. The third-order valence-corrected chi connectivity index (χ3v) is 6.56. The molecule has 1 aromatic heterocycles. The van der Waals surface area contributed by atoms with E-state index in [0.717, 1.165) is 28.1 Å². The van der Waals surface area contributed by atoms with Gasteiger partial charge >= 0.3 is 0 Å². The molecule has 8 nitrogen and oxygen atoms in total. The average Bonchev–Trinajstić information content (AvgIpc) is 3.35. The Morgan fingerprint density at radius 2 is 2.00 bits per heavy atom.